The number of hydrogen-bond acceptors (Lipinski definition) is 5. The highest BCUT2D eigenvalue weighted by Crippen LogP contribution is 2.21. The van der Waals surface area contributed by atoms with Crippen molar-refractivity contribution in [2.45, 2.75) is 83.1 Å². The Morgan fingerprint density at radius 2 is 1.96 bits per heavy atom. The number of unbranched alkanes of at least 4 members (excludes halogenated alkanes) is 3. The predicted octanol–water partition coefficient (Wildman–Crippen LogP) is 2.06. The Kier molecular flexibility index (Phi) is 8.75. The normalized spacial score (nSPS) is 20.8. The minimum absolute atomic E-state index is 0.0143. The number of aliphatic hydroxyl groups is 1. The number of carboxylic acid groups (broad SMARTS) is 1. The van der Waals surface area contributed by atoms with Crippen molar-refractivity contribution in [3.05, 3.63) is 12.7 Å². The number of hydrogen-bond donors (Lipinski definition) is 3. The van der Waals surface area contributed by atoms with Gasteiger partial charge in [0.2, 0.25) is 5.91 Å². The van der Waals surface area contributed by atoms with Crippen LogP contribution in [0, 0.1) is 0 Å². The first-order chi connectivity index (χ1) is 12.5. The summed E-state index contributed by atoms with van der Waals surface area (Å²) in [4.78, 5) is 37.6. The van der Waals surface area contributed by atoms with Crippen LogP contribution >= 0.6 is 0 Å². The highest BCUT2D eigenvalue weighted by Gasteiger charge is 2.41. The summed E-state index contributed by atoms with van der Waals surface area (Å²) in [7, 11) is 0. The van der Waals surface area contributed by atoms with Crippen molar-refractivity contribution in [1.29, 1.82) is 0 Å². The maximum atomic E-state index is 12.9. The molecule has 0 aromatic carbocycles. The molecule has 2 amide bonds. The number of aliphatic hydroxyl groups excluding tert-OH is 1. The van der Waals surface area contributed by atoms with Gasteiger partial charge in [-0.2, -0.15) is 0 Å². The number of β-amino-alcohol motifs (C(OH)–C–C–N with tert-alkyl or cyclic N) is 1. The number of nitrogens with one attached hydrogen (secondary N) is 1. The average Bonchev–Trinajstić information content (AvgIpc) is 2.93. The first kappa shape index (κ1) is 23.0. The second-order valence-electron chi connectivity index (χ2n) is 7.86. The molecule has 0 bridgehead atoms. The molecule has 0 aromatic rings. The Labute approximate surface area is 160 Å². The lowest BCUT2D eigenvalue weighted by atomic mass is 10.1. The molecular formula is C19H32N2O6. The second kappa shape index (κ2) is 10.3. The zero-order chi connectivity index (χ0) is 20.6. The lowest BCUT2D eigenvalue weighted by Gasteiger charge is -2.28. The molecule has 0 radical (unpaired) electrons. The van der Waals surface area contributed by atoms with Gasteiger partial charge in [-0.3, -0.25) is 4.79 Å². The molecule has 0 spiro atoms. The van der Waals surface area contributed by atoms with Gasteiger partial charge in [0, 0.05) is 13.0 Å². The SMILES string of the molecule is C=CCCCCCC(NC(=O)OC(C)(C)C)C(=O)N1C[C@H](O)CC1C(=O)O. The van der Waals surface area contributed by atoms with Crippen LogP contribution in [0.2, 0.25) is 0 Å². The Morgan fingerprint density at radius 1 is 1.30 bits per heavy atom. The quantitative estimate of drug-likeness (QED) is 0.414. The number of carbonyl (C=O) groups is 3. The first-order valence-corrected chi connectivity index (χ1v) is 9.37. The summed E-state index contributed by atoms with van der Waals surface area (Å²) in [5.41, 5.74) is -0.713. The van der Waals surface area contributed by atoms with E-state index in [9.17, 15) is 24.6 Å². The third kappa shape index (κ3) is 7.99. The third-order valence-electron chi connectivity index (χ3n) is 4.24. The van der Waals surface area contributed by atoms with Crippen LogP contribution in [-0.2, 0) is 14.3 Å². The number of carbonyl (C=O) groups excluding carboxylic acids is 2. The number of alkyl carbamates (subject to hydrolysis) is 1. The standard InChI is InChI=1S/C19H32N2O6/c1-5-6-7-8-9-10-14(20-18(26)27-19(2,3)4)16(23)21-12-13(22)11-15(21)17(24)25/h5,13-15,22H,1,6-12H2,2-4H3,(H,20,26)(H,24,25)/t13-,14?,15?/m1/s1. The van der Waals surface area contributed by atoms with Crippen LogP contribution in [0.4, 0.5) is 4.79 Å². The molecule has 3 atom stereocenters. The highest BCUT2D eigenvalue weighted by atomic mass is 16.6. The van der Waals surface area contributed by atoms with Crippen LogP contribution in [-0.4, -0.2) is 63.4 Å². The van der Waals surface area contributed by atoms with Gasteiger partial charge in [-0.25, -0.2) is 9.59 Å². The summed E-state index contributed by atoms with van der Waals surface area (Å²) >= 11 is 0. The highest BCUT2D eigenvalue weighted by molar-refractivity contribution is 5.89. The summed E-state index contributed by atoms with van der Waals surface area (Å²) in [6, 6.07) is -1.98. The van der Waals surface area contributed by atoms with E-state index in [0.29, 0.717) is 12.8 Å². The fourth-order valence-electron chi connectivity index (χ4n) is 3.01. The summed E-state index contributed by atoms with van der Waals surface area (Å²) in [5.74, 6) is -1.67. The summed E-state index contributed by atoms with van der Waals surface area (Å²) in [6.07, 6.45) is 3.92. The van der Waals surface area contributed by atoms with E-state index in [1.54, 1.807) is 20.8 Å². The van der Waals surface area contributed by atoms with E-state index in [1.165, 1.54) is 0 Å². The van der Waals surface area contributed by atoms with Crippen molar-refractivity contribution in [2.75, 3.05) is 6.54 Å². The summed E-state index contributed by atoms with van der Waals surface area (Å²) in [5, 5.41) is 21.7. The van der Waals surface area contributed by atoms with Crippen molar-refractivity contribution < 1.29 is 29.3 Å². The molecular weight excluding hydrogens is 352 g/mol. The van der Waals surface area contributed by atoms with Gasteiger partial charge < -0.3 is 25.2 Å². The number of amides is 2. The number of allylic oxidation sites excluding steroid dienone is 1. The van der Waals surface area contributed by atoms with Gasteiger partial charge in [-0.1, -0.05) is 18.9 Å². The Balaban J connectivity index is 2.81. The van der Waals surface area contributed by atoms with E-state index in [1.807, 2.05) is 6.08 Å². The predicted molar refractivity (Wildman–Crippen MR) is 100 cm³/mol. The molecule has 154 valence electrons. The number of ether oxygens (including phenoxy) is 1. The van der Waals surface area contributed by atoms with Crippen molar-refractivity contribution in [3.8, 4) is 0 Å². The van der Waals surface area contributed by atoms with E-state index in [2.05, 4.69) is 11.9 Å². The monoisotopic (exact) mass is 384 g/mol. The lowest BCUT2D eigenvalue weighted by molar-refractivity contribution is -0.149. The minimum atomic E-state index is -1.16. The van der Waals surface area contributed by atoms with E-state index in [-0.39, 0.29) is 13.0 Å². The molecule has 1 heterocycles. The largest absolute Gasteiger partial charge is 0.480 e. The lowest BCUT2D eigenvalue weighted by Crippen LogP contribution is -2.52. The van der Waals surface area contributed by atoms with E-state index in [0.717, 1.165) is 24.2 Å². The Bertz CT molecular complexity index is 543. The fraction of sp³-hybridized carbons (Fsp3) is 0.737. The third-order valence-corrected chi connectivity index (χ3v) is 4.24. The molecule has 0 saturated carbocycles. The van der Waals surface area contributed by atoms with Crippen LogP contribution in [0.5, 0.6) is 0 Å². The number of carboxylic acids is 1. The van der Waals surface area contributed by atoms with Gasteiger partial charge in [0.15, 0.2) is 0 Å². The van der Waals surface area contributed by atoms with Crippen molar-refractivity contribution in [1.82, 2.24) is 10.2 Å². The molecule has 1 fully saturated rings. The molecule has 0 aromatic heterocycles. The maximum Gasteiger partial charge on any atom is 0.408 e. The minimum Gasteiger partial charge on any atom is -0.480 e. The number of aliphatic carboxylic acids is 1. The van der Waals surface area contributed by atoms with Crippen LogP contribution in [0.15, 0.2) is 12.7 Å². The zero-order valence-electron chi connectivity index (χ0n) is 16.4. The van der Waals surface area contributed by atoms with Crippen LogP contribution < -0.4 is 5.32 Å². The molecule has 3 N–H and O–H groups in total. The van der Waals surface area contributed by atoms with Gasteiger partial charge >= 0.3 is 12.1 Å². The van der Waals surface area contributed by atoms with Gasteiger partial charge in [-0.05, 0) is 40.0 Å². The molecule has 0 aliphatic carbocycles. The number of nitrogens with zero attached hydrogens (tertiary/aromatic N) is 1. The molecule has 8 heteroatoms. The molecule has 1 aliphatic rings. The molecule has 1 aliphatic heterocycles. The van der Waals surface area contributed by atoms with E-state index >= 15 is 0 Å². The van der Waals surface area contributed by atoms with Crippen molar-refractivity contribution >= 4 is 18.0 Å². The average molecular weight is 384 g/mol. The van der Waals surface area contributed by atoms with Crippen LogP contribution in [0.1, 0.15) is 59.3 Å². The van der Waals surface area contributed by atoms with Gasteiger partial charge in [0.05, 0.1) is 6.10 Å². The first-order valence-electron chi connectivity index (χ1n) is 9.37. The Hall–Kier alpha value is -2.09. The zero-order valence-corrected chi connectivity index (χ0v) is 16.4. The van der Waals surface area contributed by atoms with Gasteiger partial charge in [-0.15, -0.1) is 6.58 Å². The fourth-order valence-corrected chi connectivity index (χ4v) is 3.01. The number of likely N-dealkylation sites (tertiary alicyclic amines) is 1. The van der Waals surface area contributed by atoms with E-state index < -0.39 is 41.8 Å². The molecule has 27 heavy (non-hydrogen) atoms. The van der Waals surface area contributed by atoms with Gasteiger partial charge in [0.1, 0.15) is 17.7 Å². The Morgan fingerprint density at radius 3 is 2.52 bits per heavy atom. The van der Waals surface area contributed by atoms with Crippen molar-refractivity contribution in [2.24, 2.45) is 0 Å². The van der Waals surface area contributed by atoms with Crippen LogP contribution in [0.3, 0.4) is 0 Å². The van der Waals surface area contributed by atoms with Crippen molar-refractivity contribution in [3.63, 3.8) is 0 Å². The topological polar surface area (TPSA) is 116 Å². The number of rotatable bonds is 9. The molecule has 8 nitrogen and oxygen atoms in total. The summed E-state index contributed by atoms with van der Waals surface area (Å²) < 4.78 is 5.22. The molecule has 1 saturated heterocycles. The van der Waals surface area contributed by atoms with Crippen LogP contribution in [0.25, 0.3) is 0 Å². The second-order valence-corrected chi connectivity index (χ2v) is 7.86. The smallest absolute Gasteiger partial charge is 0.408 e. The molecule has 1 rings (SSSR count). The molecule has 2 unspecified atom stereocenters. The maximum absolute atomic E-state index is 12.9. The van der Waals surface area contributed by atoms with Gasteiger partial charge in [0.25, 0.3) is 0 Å². The van der Waals surface area contributed by atoms with E-state index in [4.69, 9.17) is 4.74 Å². The summed E-state index contributed by atoms with van der Waals surface area (Å²) in [6.45, 7) is 8.76.